The molecule has 4 rings (SSSR count). The maximum atomic E-state index is 12.7. The van der Waals surface area contributed by atoms with Crippen LogP contribution in [0.15, 0.2) is 46.0 Å². The van der Waals surface area contributed by atoms with Gasteiger partial charge in [0.15, 0.2) is 5.76 Å². The number of nitrogens with one attached hydrogen (secondary N) is 1. The highest BCUT2D eigenvalue weighted by atomic mass is 35.5. The number of hydrogen-bond donors (Lipinski definition) is 2. The van der Waals surface area contributed by atoms with Crippen molar-refractivity contribution in [2.75, 3.05) is 12.4 Å². The van der Waals surface area contributed by atoms with E-state index < -0.39 is 35.2 Å². The summed E-state index contributed by atoms with van der Waals surface area (Å²) in [6, 6.07) is 7.37. The van der Waals surface area contributed by atoms with E-state index in [1.165, 1.54) is 24.8 Å². The van der Waals surface area contributed by atoms with E-state index in [2.05, 4.69) is 5.32 Å². The Labute approximate surface area is 209 Å². The van der Waals surface area contributed by atoms with E-state index in [9.17, 15) is 24.3 Å². The van der Waals surface area contributed by atoms with Crippen LogP contribution in [0.1, 0.15) is 28.8 Å². The number of carboxylic acid groups (broad SMARTS) is 1. The predicted octanol–water partition coefficient (Wildman–Crippen LogP) is 2.74. The van der Waals surface area contributed by atoms with Crippen molar-refractivity contribution in [3.63, 3.8) is 0 Å². The topological polar surface area (TPSA) is 135 Å². The summed E-state index contributed by atoms with van der Waals surface area (Å²) < 4.78 is 16.1. The van der Waals surface area contributed by atoms with Gasteiger partial charge in [0.25, 0.3) is 11.8 Å². The summed E-state index contributed by atoms with van der Waals surface area (Å²) in [5.41, 5.74) is 0.960. The molecule has 10 nitrogen and oxygen atoms in total. The molecule has 35 heavy (non-hydrogen) atoms. The summed E-state index contributed by atoms with van der Waals surface area (Å²) in [5, 5.41) is 12.2. The summed E-state index contributed by atoms with van der Waals surface area (Å²) in [6.07, 6.45) is 0. The van der Waals surface area contributed by atoms with Crippen LogP contribution in [0.3, 0.4) is 0 Å². The van der Waals surface area contributed by atoms with Crippen LogP contribution in [-0.2, 0) is 25.7 Å². The van der Waals surface area contributed by atoms with Crippen molar-refractivity contribution in [3.8, 4) is 5.75 Å². The molecule has 0 radical (unpaired) electrons. The van der Waals surface area contributed by atoms with Crippen LogP contribution >= 0.6 is 23.4 Å². The van der Waals surface area contributed by atoms with Gasteiger partial charge in [-0.25, -0.2) is 4.79 Å². The molecular weight excluding hydrogens is 500 g/mol. The van der Waals surface area contributed by atoms with Crippen molar-refractivity contribution in [3.05, 3.63) is 63.7 Å². The number of halogens is 1. The van der Waals surface area contributed by atoms with Gasteiger partial charge in [0.05, 0.1) is 0 Å². The lowest BCUT2D eigenvalue weighted by Crippen LogP contribution is -2.70. The lowest BCUT2D eigenvalue weighted by Gasteiger charge is -2.49. The number of hydrogen-bond acceptors (Lipinski definition) is 8. The van der Waals surface area contributed by atoms with Gasteiger partial charge in [-0.3, -0.25) is 19.3 Å². The summed E-state index contributed by atoms with van der Waals surface area (Å²) in [7, 11) is 0. The lowest BCUT2D eigenvalue weighted by molar-refractivity contribution is -0.149. The Morgan fingerprint density at radius 3 is 2.71 bits per heavy atom. The van der Waals surface area contributed by atoms with Crippen LogP contribution in [0.4, 0.5) is 0 Å². The quantitative estimate of drug-likeness (QED) is 0.397. The number of carboxylic acids is 1. The molecule has 1 aromatic heterocycles. The molecule has 184 valence electrons. The molecule has 2 unspecified atom stereocenters. The molecule has 0 spiro atoms. The number of aryl methyl sites for hydroxylation is 1. The Morgan fingerprint density at radius 2 is 2.03 bits per heavy atom. The van der Waals surface area contributed by atoms with E-state index in [1.54, 1.807) is 24.3 Å². The number of carbonyl (C=O) groups is 4. The average Bonchev–Trinajstić information content (AvgIpc) is 3.30. The third-order valence-corrected chi connectivity index (χ3v) is 7.15. The molecule has 2 amide bonds. The van der Waals surface area contributed by atoms with Gasteiger partial charge >= 0.3 is 11.9 Å². The van der Waals surface area contributed by atoms with Crippen LogP contribution in [0.5, 0.6) is 5.75 Å². The number of ether oxygens (including phenoxy) is 2. The predicted molar refractivity (Wildman–Crippen MR) is 125 cm³/mol. The zero-order valence-electron chi connectivity index (χ0n) is 18.7. The number of amides is 2. The SMILES string of the molecule is CC(=O)OCC1=C(C(=O)O)N2C(=O)C(NC(=O)c3ccc(COc4ccc(Cl)c(C)c4)o3)C2SC1. The summed E-state index contributed by atoms with van der Waals surface area (Å²) in [5.74, 6) is -1.80. The second-order valence-corrected chi connectivity index (χ2v) is 9.38. The molecule has 1 saturated heterocycles. The highest BCUT2D eigenvalue weighted by molar-refractivity contribution is 8.00. The van der Waals surface area contributed by atoms with Crippen LogP contribution in [0.2, 0.25) is 5.02 Å². The van der Waals surface area contributed by atoms with E-state index in [4.69, 9.17) is 25.5 Å². The lowest BCUT2D eigenvalue weighted by atomic mass is 10.0. The number of rotatable bonds is 8. The van der Waals surface area contributed by atoms with Gasteiger partial charge in [0, 0.05) is 23.3 Å². The summed E-state index contributed by atoms with van der Waals surface area (Å²) >= 11 is 7.28. The Hall–Kier alpha value is -3.44. The molecule has 2 aromatic rings. The monoisotopic (exact) mass is 520 g/mol. The van der Waals surface area contributed by atoms with Crippen molar-refractivity contribution in [1.29, 1.82) is 0 Å². The van der Waals surface area contributed by atoms with Gasteiger partial charge in [-0.2, -0.15) is 0 Å². The van der Waals surface area contributed by atoms with E-state index in [0.29, 0.717) is 22.1 Å². The number of carbonyl (C=O) groups excluding carboxylic acids is 3. The fraction of sp³-hybridized carbons (Fsp3) is 0.304. The number of furan rings is 1. The van der Waals surface area contributed by atoms with E-state index in [-0.39, 0.29) is 30.4 Å². The third kappa shape index (κ3) is 5.15. The van der Waals surface area contributed by atoms with Crippen molar-refractivity contribution in [1.82, 2.24) is 10.2 Å². The van der Waals surface area contributed by atoms with Crippen LogP contribution in [0.25, 0.3) is 0 Å². The number of thioether (sulfide) groups is 1. The molecule has 1 fully saturated rings. The molecule has 12 heteroatoms. The zero-order chi connectivity index (χ0) is 25.3. The van der Waals surface area contributed by atoms with Crippen molar-refractivity contribution >= 4 is 47.1 Å². The summed E-state index contributed by atoms with van der Waals surface area (Å²) in [6.45, 7) is 2.93. The van der Waals surface area contributed by atoms with Gasteiger partial charge in [-0.05, 0) is 42.8 Å². The molecule has 3 heterocycles. The molecule has 2 N–H and O–H groups in total. The number of aliphatic carboxylic acids is 1. The molecule has 1 aromatic carbocycles. The van der Waals surface area contributed by atoms with Gasteiger partial charge in [-0.15, -0.1) is 11.8 Å². The zero-order valence-corrected chi connectivity index (χ0v) is 20.3. The maximum Gasteiger partial charge on any atom is 0.352 e. The normalized spacial score (nSPS) is 19.1. The average molecular weight is 521 g/mol. The number of fused-ring (bicyclic) bond motifs is 1. The molecule has 0 bridgehead atoms. The van der Waals surface area contributed by atoms with Crippen molar-refractivity contribution in [2.45, 2.75) is 31.9 Å². The number of nitrogens with zero attached hydrogens (tertiary/aromatic N) is 1. The van der Waals surface area contributed by atoms with Gasteiger partial charge in [-0.1, -0.05) is 11.6 Å². The fourth-order valence-electron chi connectivity index (χ4n) is 3.63. The van der Waals surface area contributed by atoms with E-state index >= 15 is 0 Å². The molecular formula is C23H21ClN2O8S. The van der Waals surface area contributed by atoms with Crippen molar-refractivity contribution < 1.29 is 38.2 Å². The Kier molecular flexibility index (Phi) is 7.08. The molecule has 2 aliphatic heterocycles. The Bertz CT molecular complexity index is 1240. The molecule has 2 aliphatic rings. The minimum atomic E-state index is -1.30. The van der Waals surface area contributed by atoms with Gasteiger partial charge in [0.2, 0.25) is 0 Å². The number of esters is 1. The standard InChI is InChI=1S/C23H21ClN2O8S/c1-11-7-14(3-5-16(11)24)33-9-15-4-6-17(34-15)20(28)25-18-21(29)26-19(23(30)31)13(8-32-12(2)27)10-35-22(18)26/h3-7,18,22H,8-10H2,1-2H3,(H,25,28)(H,30,31). The summed E-state index contributed by atoms with van der Waals surface area (Å²) in [4.78, 5) is 49.3. The van der Waals surface area contributed by atoms with Crippen LogP contribution < -0.4 is 10.1 Å². The first kappa shape index (κ1) is 24.7. The smallest absolute Gasteiger partial charge is 0.352 e. The van der Waals surface area contributed by atoms with Gasteiger partial charge < -0.3 is 24.3 Å². The first-order chi connectivity index (χ1) is 16.7. The molecule has 2 atom stereocenters. The Balaban J connectivity index is 1.38. The highest BCUT2D eigenvalue weighted by Crippen LogP contribution is 2.40. The maximum absolute atomic E-state index is 12.7. The second-order valence-electron chi connectivity index (χ2n) is 7.86. The highest BCUT2D eigenvalue weighted by Gasteiger charge is 2.54. The Morgan fingerprint density at radius 1 is 1.26 bits per heavy atom. The van der Waals surface area contributed by atoms with Crippen LogP contribution in [0, 0.1) is 6.92 Å². The van der Waals surface area contributed by atoms with Gasteiger partial charge in [0.1, 0.15) is 41.8 Å². The largest absolute Gasteiger partial charge is 0.486 e. The van der Waals surface area contributed by atoms with E-state index in [0.717, 1.165) is 10.5 Å². The minimum absolute atomic E-state index is 0.00695. The third-order valence-electron chi connectivity index (χ3n) is 5.38. The first-order valence-electron chi connectivity index (χ1n) is 10.5. The molecule has 0 saturated carbocycles. The van der Waals surface area contributed by atoms with Crippen LogP contribution in [-0.4, -0.2) is 57.5 Å². The number of benzene rings is 1. The second kappa shape index (κ2) is 10.0. The van der Waals surface area contributed by atoms with E-state index in [1.807, 2.05) is 6.92 Å². The van der Waals surface area contributed by atoms with Crippen molar-refractivity contribution in [2.24, 2.45) is 0 Å². The fourth-order valence-corrected chi connectivity index (χ4v) is 5.08. The first-order valence-corrected chi connectivity index (χ1v) is 11.9. The minimum Gasteiger partial charge on any atom is -0.486 e. The number of β-lactam (4-membered cyclic amide) rings is 1. The molecule has 0 aliphatic carbocycles.